The fourth-order valence-corrected chi connectivity index (χ4v) is 15.4. The third-order valence-electron chi connectivity index (χ3n) is 21.6. The first kappa shape index (κ1) is 81.4. The Morgan fingerprint density at radius 2 is 1.06 bits per heavy atom. The maximum atomic E-state index is 13.3. The molecule has 8 aliphatic heterocycles. The van der Waals surface area contributed by atoms with E-state index < -0.39 is 77.5 Å². The van der Waals surface area contributed by atoms with E-state index in [1.54, 1.807) is 48.5 Å². The third-order valence-corrected chi connectivity index (χ3v) is 21.6. The van der Waals surface area contributed by atoms with Gasteiger partial charge in [-0.2, -0.15) is 0 Å². The Bertz CT molecular complexity index is 4530. The molecule has 2 unspecified atom stereocenters. The standard InChI is InChI=1S/C41H48N8O7.C21H27N5O2.C20H23N3O6/c50-30(24-47-17-15-27-8-4-5-9-28(27)23-47)20-43-38(53)33-19-29(44-25-45-33)18-26-21-48(22-26)36(52)12-3-1-2-6-16-42-32-11-7-10-31-37(32)41(56)49(40(31)55)34-13-14-35(51)46-39(34)54;27-18(13-26-8-7-15-3-1-2-4-16(15)12-26)5-6-20(28)19-9-21(24-14-23-19)25-17-10-22-11-17;24-15-10-9-14(18(27)22-15)23-19(28)12-6-5-7-13(17(12)20(23)29)21-11-4-2-1-3-8-16(25)26/h4-5,7-11,19,25-26,30,34,42,50H,1-3,6,12-18,20-24H2,(H,43,53)(H,46,51,54);1-4,9,14,17-18,22,27H,5-8,10-13H2,(H,23,24,25);5-7,14,21H,1-4,8-11H2,(H,25,26)(H,22,24,27)/t30-,34?;18-;/m00./s1. The van der Waals surface area contributed by atoms with Gasteiger partial charge in [0.05, 0.1) is 40.5 Å². The number of ketones is 1. The SMILES string of the molecule is O=C(CC[C@H](O)CN1CCc2ccccc2C1)c1cc(NC2CNC2)ncn1.O=C(O)CCCCCCNc1cccc2c1C(=O)N(C1CCC(=O)NC1=O)C2=O.O=C1CCC(N2C(=O)c3cccc(NCCCCCCC(=O)N4CC(Cc5cc(C(=O)NC[C@H](O)CN6CCc7ccccc7C6)ncn5)C4)c3C2=O)C(=O)N1. The summed E-state index contributed by atoms with van der Waals surface area (Å²) in [6.07, 6.45) is 12.3. The molecule has 4 aromatic carbocycles. The summed E-state index contributed by atoms with van der Waals surface area (Å²) in [7, 11) is 0. The van der Waals surface area contributed by atoms with Crippen LogP contribution in [0.1, 0.15) is 193 Å². The zero-order valence-electron chi connectivity index (χ0n) is 63.2. The first-order valence-corrected chi connectivity index (χ1v) is 39.2. The zero-order valence-corrected chi connectivity index (χ0v) is 63.2. The van der Waals surface area contributed by atoms with Crippen LogP contribution in [0, 0.1) is 5.92 Å². The average Bonchev–Trinajstić information content (AvgIpc) is 1.61. The number of β-amino-alcohol motifs (C(OH)–C–C–N with tert-alkyl or cyclic N) is 2. The second kappa shape index (κ2) is 38.9. The number of carboxylic acid groups (broad SMARTS) is 1. The minimum absolute atomic E-state index is 0.0553. The topological polar surface area (TPSA) is 417 Å². The Balaban J connectivity index is 0.000000174. The number of unbranched alkanes of at least 4 members (excludes halogenated alkanes) is 6. The maximum absolute atomic E-state index is 13.3. The number of aliphatic hydroxyl groups is 2. The molecule has 0 aliphatic carbocycles. The van der Waals surface area contributed by atoms with Crippen molar-refractivity contribution in [1.29, 1.82) is 0 Å². The fraction of sp³-hybridized carbons (Fsp3) is 0.463. The number of carbonyl (C=O) groups excluding carboxylic acids is 11. The van der Waals surface area contributed by atoms with Crippen LogP contribution in [0.2, 0.25) is 0 Å². The molecule has 2 aromatic heterocycles. The van der Waals surface area contributed by atoms with E-state index in [2.05, 4.69) is 103 Å². The molecule has 31 heteroatoms. The highest BCUT2D eigenvalue weighted by atomic mass is 16.4. The van der Waals surface area contributed by atoms with E-state index in [-0.39, 0.29) is 96.5 Å². The van der Waals surface area contributed by atoms with Gasteiger partial charge in [-0.1, -0.05) is 86.3 Å². The van der Waals surface area contributed by atoms with Crippen LogP contribution in [-0.4, -0.2) is 233 Å². The van der Waals surface area contributed by atoms with Gasteiger partial charge < -0.3 is 46.8 Å². The van der Waals surface area contributed by atoms with Crippen LogP contribution in [0.5, 0.6) is 0 Å². The van der Waals surface area contributed by atoms with E-state index in [0.29, 0.717) is 93.9 Å². The average molecular weight is 1550 g/mol. The number of aliphatic hydroxyl groups excluding tert-OH is 2. The molecular formula is C82H98N16O15. The number of benzene rings is 4. The molecule has 8 aliphatic rings. The number of anilines is 3. The molecule has 596 valence electrons. The lowest BCUT2D eigenvalue weighted by atomic mass is 9.93. The number of nitrogens with zero attached hydrogens (tertiary/aromatic N) is 9. The number of Topliss-reactive ketones (excluding diaryl/α,β-unsaturated/α-hetero) is 1. The van der Waals surface area contributed by atoms with Crippen LogP contribution in [-0.2, 0) is 61.1 Å². The Morgan fingerprint density at radius 3 is 1.60 bits per heavy atom. The first-order chi connectivity index (χ1) is 54.7. The van der Waals surface area contributed by atoms with Crippen molar-refractivity contribution < 1.29 is 72.9 Å². The molecule has 4 atom stereocenters. The van der Waals surface area contributed by atoms with E-state index in [4.69, 9.17) is 5.11 Å². The molecule has 0 saturated carbocycles. The van der Waals surface area contributed by atoms with Gasteiger partial charge in [0.1, 0.15) is 41.9 Å². The van der Waals surface area contributed by atoms with E-state index in [0.717, 1.165) is 113 Å². The van der Waals surface area contributed by atoms with E-state index in [9.17, 15) is 67.7 Å². The van der Waals surface area contributed by atoms with Crippen LogP contribution in [0.25, 0.3) is 0 Å². The van der Waals surface area contributed by atoms with Crippen molar-refractivity contribution in [1.82, 2.24) is 65.7 Å². The fourth-order valence-electron chi connectivity index (χ4n) is 15.4. The minimum Gasteiger partial charge on any atom is -0.481 e. The predicted octanol–water partition coefficient (Wildman–Crippen LogP) is 4.87. The summed E-state index contributed by atoms with van der Waals surface area (Å²) in [5.41, 5.74) is 8.79. The number of imide groups is 4. The first-order valence-electron chi connectivity index (χ1n) is 39.2. The van der Waals surface area contributed by atoms with Crippen LogP contribution in [0.15, 0.2) is 110 Å². The third kappa shape index (κ3) is 21.4. The summed E-state index contributed by atoms with van der Waals surface area (Å²) in [5, 5.41) is 49.7. The summed E-state index contributed by atoms with van der Waals surface area (Å²) < 4.78 is 0. The summed E-state index contributed by atoms with van der Waals surface area (Å²) >= 11 is 0. The number of aromatic nitrogens is 4. The Morgan fingerprint density at radius 1 is 0.540 bits per heavy atom. The molecule has 0 spiro atoms. The molecule has 4 saturated heterocycles. The largest absolute Gasteiger partial charge is 0.481 e. The number of piperidine rings is 2. The number of hydrogen-bond acceptors (Lipinski definition) is 24. The molecule has 113 heavy (non-hydrogen) atoms. The molecule has 0 radical (unpaired) electrons. The molecule has 6 aromatic rings. The lowest BCUT2D eigenvalue weighted by molar-refractivity contribution is -0.138. The number of hydrogen-bond donors (Lipinski definition) is 10. The number of rotatable bonds is 33. The van der Waals surface area contributed by atoms with Crippen molar-refractivity contribution in [3.05, 3.63) is 171 Å². The Hall–Kier alpha value is -11.1. The summed E-state index contributed by atoms with van der Waals surface area (Å²) in [6, 6.07) is 28.5. The van der Waals surface area contributed by atoms with Crippen molar-refractivity contribution in [2.24, 2.45) is 5.92 Å². The summed E-state index contributed by atoms with van der Waals surface area (Å²) in [4.78, 5) is 173. The lowest BCUT2D eigenvalue weighted by Crippen LogP contribution is -2.54. The number of likely N-dealkylation sites (tertiary alicyclic amines) is 1. The predicted molar refractivity (Wildman–Crippen MR) is 414 cm³/mol. The highest BCUT2D eigenvalue weighted by Gasteiger charge is 2.47. The second-order valence-corrected chi connectivity index (χ2v) is 30.0. The van der Waals surface area contributed by atoms with Crippen molar-refractivity contribution in [3.63, 3.8) is 0 Å². The number of carbonyl (C=O) groups is 12. The molecule has 10 heterocycles. The molecule has 31 nitrogen and oxygen atoms in total. The van der Waals surface area contributed by atoms with Gasteiger partial charge in [0.2, 0.25) is 29.5 Å². The molecular weight excluding hydrogens is 1450 g/mol. The zero-order chi connectivity index (χ0) is 79.5. The monoisotopic (exact) mass is 1550 g/mol. The van der Waals surface area contributed by atoms with Gasteiger partial charge in [0, 0.05) is 140 Å². The van der Waals surface area contributed by atoms with E-state index in [1.807, 2.05) is 17.0 Å². The minimum atomic E-state index is -1.01. The molecule has 4 fully saturated rings. The van der Waals surface area contributed by atoms with E-state index >= 15 is 0 Å². The van der Waals surface area contributed by atoms with Crippen molar-refractivity contribution in [3.8, 4) is 0 Å². The van der Waals surface area contributed by atoms with Crippen LogP contribution in [0.3, 0.4) is 0 Å². The maximum Gasteiger partial charge on any atom is 0.303 e. The molecule has 10 amide bonds. The van der Waals surface area contributed by atoms with Gasteiger partial charge in [-0.25, -0.2) is 19.9 Å². The normalized spacial score (nSPS) is 18.7. The quantitative estimate of drug-likeness (QED) is 0.0149. The van der Waals surface area contributed by atoms with Gasteiger partial charge in [0.15, 0.2) is 5.78 Å². The van der Waals surface area contributed by atoms with Gasteiger partial charge >= 0.3 is 5.97 Å². The Kier molecular flexibility index (Phi) is 28.0. The number of amides is 10. The number of aliphatic carboxylic acids is 1. The number of nitrogens with one attached hydrogen (secondary N) is 7. The van der Waals surface area contributed by atoms with Gasteiger partial charge in [-0.15, -0.1) is 0 Å². The smallest absolute Gasteiger partial charge is 0.303 e. The number of carboxylic acids is 1. The number of fused-ring (bicyclic) bond motifs is 4. The Labute approximate surface area is 654 Å². The molecule has 10 N–H and O–H groups in total. The van der Waals surface area contributed by atoms with Crippen molar-refractivity contribution in [2.45, 2.75) is 165 Å². The van der Waals surface area contributed by atoms with Crippen LogP contribution >= 0.6 is 0 Å². The molecule has 0 bridgehead atoms. The van der Waals surface area contributed by atoms with Gasteiger partial charge in [0.25, 0.3) is 29.5 Å². The second-order valence-electron chi connectivity index (χ2n) is 30.0. The van der Waals surface area contributed by atoms with Crippen molar-refractivity contribution in [2.75, 3.05) is 87.9 Å². The van der Waals surface area contributed by atoms with Gasteiger partial charge in [-0.05, 0) is 123 Å². The highest BCUT2D eigenvalue weighted by molar-refractivity contribution is 6.26. The molecule has 14 rings (SSSR count). The van der Waals surface area contributed by atoms with E-state index in [1.165, 1.54) is 34.9 Å². The van der Waals surface area contributed by atoms with Crippen LogP contribution < -0.4 is 37.2 Å². The summed E-state index contributed by atoms with van der Waals surface area (Å²) in [5.74, 6) is -4.39. The van der Waals surface area contributed by atoms with Gasteiger partial charge in [-0.3, -0.25) is 87.8 Å². The van der Waals surface area contributed by atoms with Crippen molar-refractivity contribution >= 4 is 88.0 Å². The summed E-state index contributed by atoms with van der Waals surface area (Å²) in [6.45, 7) is 8.88. The van der Waals surface area contributed by atoms with Crippen LogP contribution in [0.4, 0.5) is 17.2 Å². The highest BCUT2D eigenvalue weighted by Crippen LogP contribution is 2.35. The lowest BCUT2D eigenvalue weighted by Gasteiger charge is -2.39.